The molecule has 1 unspecified atom stereocenters. The minimum Gasteiger partial charge on any atom is -0.495 e. The van der Waals surface area contributed by atoms with Gasteiger partial charge in [-0.3, -0.25) is 0 Å². The van der Waals surface area contributed by atoms with Gasteiger partial charge in [0.2, 0.25) is 0 Å². The molecule has 0 spiro atoms. The molecule has 0 bridgehead atoms. The van der Waals surface area contributed by atoms with Crippen molar-refractivity contribution in [1.29, 1.82) is 0 Å². The number of nitrogens with two attached hydrogens (primary N) is 1. The Labute approximate surface area is 114 Å². The van der Waals surface area contributed by atoms with Crippen LogP contribution in [0.3, 0.4) is 0 Å². The van der Waals surface area contributed by atoms with Crippen LogP contribution >= 0.6 is 11.6 Å². The summed E-state index contributed by atoms with van der Waals surface area (Å²) in [6.45, 7) is 6.35. The lowest BCUT2D eigenvalue weighted by molar-refractivity contribution is 0.235. The average molecular weight is 269 g/mol. The highest BCUT2D eigenvalue weighted by Gasteiger charge is 2.33. The molecule has 100 valence electrons. The molecule has 1 fully saturated rings. The zero-order chi connectivity index (χ0) is 13.3. The summed E-state index contributed by atoms with van der Waals surface area (Å²) in [7, 11) is 1.63. The van der Waals surface area contributed by atoms with E-state index in [-0.39, 0.29) is 11.5 Å². The van der Waals surface area contributed by atoms with E-state index in [0.717, 1.165) is 25.2 Å². The molecule has 1 aromatic carbocycles. The molecule has 1 aliphatic heterocycles. The number of nitrogens with zero attached hydrogens (tertiary/aromatic N) is 1. The quantitative estimate of drug-likeness (QED) is 0.896. The summed E-state index contributed by atoms with van der Waals surface area (Å²) in [6, 6.07) is 6.08. The first kappa shape index (κ1) is 13.5. The molecule has 1 saturated heterocycles. The van der Waals surface area contributed by atoms with Gasteiger partial charge in [0.25, 0.3) is 0 Å². The van der Waals surface area contributed by atoms with Crippen LogP contribution in [0.4, 0.5) is 5.69 Å². The topological polar surface area (TPSA) is 38.5 Å². The van der Waals surface area contributed by atoms with Crippen molar-refractivity contribution in [3.05, 3.63) is 23.2 Å². The Balaban J connectivity index is 2.16. The molecular weight excluding hydrogens is 248 g/mol. The van der Waals surface area contributed by atoms with Gasteiger partial charge in [-0.15, -0.1) is 0 Å². The summed E-state index contributed by atoms with van der Waals surface area (Å²) in [4.78, 5) is 2.29. The Morgan fingerprint density at radius 3 is 2.72 bits per heavy atom. The molecule has 1 heterocycles. The minimum absolute atomic E-state index is 0.187. The van der Waals surface area contributed by atoms with Gasteiger partial charge in [0.15, 0.2) is 0 Å². The first-order chi connectivity index (χ1) is 8.44. The first-order valence-electron chi connectivity index (χ1n) is 6.28. The standard InChI is InChI=1S/C14H21ClN2O/c1-14(2)6-7-17(9-13(14)16)10-4-5-12(18-3)11(15)8-10/h4-5,8,13H,6-7,9,16H2,1-3H3. The van der Waals surface area contributed by atoms with Crippen LogP contribution in [0.15, 0.2) is 18.2 Å². The number of piperidine rings is 1. The molecule has 0 radical (unpaired) electrons. The molecule has 1 aromatic rings. The maximum absolute atomic E-state index is 6.24. The van der Waals surface area contributed by atoms with Crippen molar-refractivity contribution in [2.75, 3.05) is 25.1 Å². The van der Waals surface area contributed by atoms with E-state index in [2.05, 4.69) is 18.7 Å². The highest BCUT2D eigenvalue weighted by Crippen LogP contribution is 2.34. The van der Waals surface area contributed by atoms with Crippen molar-refractivity contribution in [2.24, 2.45) is 11.1 Å². The van der Waals surface area contributed by atoms with E-state index in [4.69, 9.17) is 22.1 Å². The molecule has 0 aromatic heterocycles. The van der Waals surface area contributed by atoms with E-state index >= 15 is 0 Å². The predicted octanol–water partition coefficient (Wildman–Crippen LogP) is 2.91. The number of hydrogen-bond donors (Lipinski definition) is 1. The van der Waals surface area contributed by atoms with Crippen LogP contribution in [0.2, 0.25) is 5.02 Å². The molecule has 0 aliphatic carbocycles. The number of hydrogen-bond acceptors (Lipinski definition) is 3. The van der Waals surface area contributed by atoms with Crippen LogP contribution in [-0.2, 0) is 0 Å². The van der Waals surface area contributed by atoms with E-state index in [1.54, 1.807) is 7.11 Å². The SMILES string of the molecule is COc1ccc(N2CCC(C)(C)C(N)C2)cc1Cl. The molecule has 1 atom stereocenters. The Morgan fingerprint density at radius 2 is 2.17 bits per heavy atom. The van der Waals surface area contributed by atoms with Gasteiger partial charge in [-0.2, -0.15) is 0 Å². The fraction of sp³-hybridized carbons (Fsp3) is 0.571. The van der Waals surface area contributed by atoms with Crippen molar-refractivity contribution >= 4 is 17.3 Å². The fourth-order valence-corrected chi connectivity index (χ4v) is 2.52. The lowest BCUT2D eigenvalue weighted by Gasteiger charge is -2.43. The molecule has 1 aliphatic rings. The summed E-state index contributed by atoms with van der Waals surface area (Å²) >= 11 is 6.16. The third-order valence-electron chi connectivity index (χ3n) is 3.95. The molecule has 2 N–H and O–H groups in total. The zero-order valence-electron chi connectivity index (χ0n) is 11.2. The van der Waals surface area contributed by atoms with Crippen molar-refractivity contribution in [2.45, 2.75) is 26.3 Å². The summed E-state index contributed by atoms with van der Waals surface area (Å²) in [5.41, 5.74) is 7.57. The second kappa shape index (κ2) is 4.98. The summed E-state index contributed by atoms with van der Waals surface area (Å²) in [6.07, 6.45) is 1.10. The lowest BCUT2D eigenvalue weighted by Crippen LogP contribution is -2.52. The number of ether oxygens (including phenoxy) is 1. The van der Waals surface area contributed by atoms with Crippen LogP contribution in [0.5, 0.6) is 5.75 Å². The maximum atomic E-state index is 6.24. The number of methoxy groups -OCH3 is 1. The minimum atomic E-state index is 0.187. The van der Waals surface area contributed by atoms with Crippen molar-refractivity contribution in [3.8, 4) is 5.75 Å². The fourth-order valence-electron chi connectivity index (χ4n) is 2.27. The van der Waals surface area contributed by atoms with Crippen molar-refractivity contribution < 1.29 is 4.74 Å². The van der Waals surface area contributed by atoms with E-state index in [9.17, 15) is 0 Å². The van der Waals surface area contributed by atoms with Crippen LogP contribution in [0.1, 0.15) is 20.3 Å². The third kappa shape index (κ3) is 2.57. The molecule has 18 heavy (non-hydrogen) atoms. The second-order valence-electron chi connectivity index (χ2n) is 5.61. The Hall–Kier alpha value is -0.930. The number of benzene rings is 1. The van der Waals surface area contributed by atoms with Crippen LogP contribution in [0, 0.1) is 5.41 Å². The van der Waals surface area contributed by atoms with Gasteiger partial charge in [-0.05, 0) is 30.0 Å². The van der Waals surface area contributed by atoms with Crippen LogP contribution < -0.4 is 15.4 Å². The molecule has 3 nitrogen and oxygen atoms in total. The van der Waals surface area contributed by atoms with E-state index in [0.29, 0.717) is 10.8 Å². The molecule has 0 saturated carbocycles. The highest BCUT2D eigenvalue weighted by molar-refractivity contribution is 6.32. The zero-order valence-corrected chi connectivity index (χ0v) is 12.0. The second-order valence-corrected chi connectivity index (χ2v) is 6.02. The van der Waals surface area contributed by atoms with Crippen LogP contribution in [-0.4, -0.2) is 26.2 Å². The smallest absolute Gasteiger partial charge is 0.137 e. The van der Waals surface area contributed by atoms with Crippen molar-refractivity contribution in [1.82, 2.24) is 0 Å². The number of anilines is 1. The largest absolute Gasteiger partial charge is 0.495 e. The van der Waals surface area contributed by atoms with Crippen molar-refractivity contribution in [3.63, 3.8) is 0 Å². The van der Waals surface area contributed by atoms with Gasteiger partial charge < -0.3 is 15.4 Å². The van der Waals surface area contributed by atoms with Gasteiger partial charge in [0, 0.05) is 24.8 Å². The molecule has 2 rings (SSSR count). The molecular formula is C14H21ClN2O. The monoisotopic (exact) mass is 268 g/mol. The normalized spacial score (nSPS) is 22.9. The molecule has 4 heteroatoms. The van der Waals surface area contributed by atoms with Crippen LogP contribution in [0.25, 0.3) is 0 Å². The Morgan fingerprint density at radius 1 is 1.44 bits per heavy atom. The lowest BCUT2D eigenvalue weighted by atomic mass is 9.78. The maximum Gasteiger partial charge on any atom is 0.137 e. The van der Waals surface area contributed by atoms with Gasteiger partial charge in [-0.25, -0.2) is 0 Å². The average Bonchev–Trinajstić information content (AvgIpc) is 2.32. The summed E-state index contributed by atoms with van der Waals surface area (Å²) < 4.78 is 5.17. The first-order valence-corrected chi connectivity index (χ1v) is 6.66. The summed E-state index contributed by atoms with van der Waals surface area (Å²) in [5, 5.41) is 0.647. The third-order valence-corrected chi connectivity index (χ3v) is 4.24. The van der Waals surface area contributed by atoms with E-state index in [1.807, 2.05) is 18.2 Å². The van der Waals surface area contributed by atoms with Gasteiger partial charge in [0.1, 0.15) is 5.75 Å². The van der Waals surface area contributed by atoms with E-state index < -0.39 is 0 Å². The van der Waals surface area contributed by atoms with Gasteiger partial charge in [-0.1, -0.05) is 25.4 Å². The highest BCUT2D eigenvalue weighted by atomic mass is 35.5. The van der Waals surface area contributed by atoms with E-state index in [1.165, 1.54) is 0 Å². The number of rotatable bonds is 2. The van der Waals surface area contributed by atoms with Gasteiger partial charge >= 0.3 is 0 Å². The van der Waals surface area contributed by atoms with Gasteiger partial charge in [0.05, 0.1) is 12.1 Å². The number of halogens is 1. The molecule has 0 amide bonds. The summed E-state index contributed by atoms with van der Waals surface area (Å²) in [5.74, 6) is 0.710. The Kier molecular flexibility index (Phi) is 3.74. The Bertz CT molecular complexity index is 434. The predicted molar refractivity (Wildman–Crippen MR) is 76.6 cm³/mol.